The van der Waals surface area contributed by atoms with Crippen molar-refractivity contribution in [1.82, 2.24) is 4.98 Å². The van der Waals surface area contributed by atoms with Crippen molar-refractivity contribution in [2.24, 2.45) is 0 Å². The van der Waals surface area contributed by atoms with Gasteiger partial charge in [-0.15, -0.1) is 0 Å². The minimum Gasteiger partial charge on any atom is -0.457 e. The van der Waals surface area contributed by atoms with Gasteiger partial charge in [0.05, 0.1) is 10.7 Å². The number of rotatable bonds is 4. The molecule has 0 radical (unpaired) electrons. The van der Waals surface area contributed by atoms with Crippen molar-refractivity contribution in [2.45, 2.75) is 6.92 Å². The third-order valence-corrected chi connectivity index (χ3v) is 4.88. The van der Waals surface area contributed by atoms with Crippen LogP contribution < -0.4 is 5.32 Å². The molecule has 0 spiro atoms. The van der Waals surface area contributed by atoms with E-state index in [0.717, 1.165) is 15.7 Å². The van der Waals surface area contributed by atoms with Crippen LogP contribution in [0.4, 0.5) is 5.82 Å². The lowest BCUT2D eigenvalue weighted by Crippen LogP contribution is -2.09. The first-order valence-corrected chi connectivity index (χ1v) is 9.15. The minimum atomic E-state index is -0.304. The van der Waals surface area contributed by atoms with E-state index in [9.17, 15) is 4.79 Å². The summed E-state index contributed by atoms with van der Waals surface area (Å²) in [6.07, 6.45) is 2.96. The number of furan rings is 1. The summed E-state index contributed by atoms with van der Waals surface area (Å²) in [7, 11) is 0. The number of pyridine rings is 1. The monoisotopic (exact) mass is 450 g/mol. The molecule has 2 aromatic heterocycles. The van der Waals surface area contributed by atoms with Gasteiger partial charge in [0.15, 0.2) is 0 Å². The number of nitrogens with one attached hydrogen (secondary N) is 1. The first-order chi connectivity index (χ1) is 12.4. The number of aromatic nitrogens is 1. The van der Waals surface area contributed by atoms with Crippen molar-refractivity contribution in [3.8, 4) is 11.3 Å². The fourth-order valence-electron chi connectivity index (χ4n) is 2.22. The third kappa shape index (κ3) is 4.55. The van der Waals surface area contributed by atoms with Crippen molar-refractivity contribution in [3.05, 3.63) is 74.5 Å². The van der Waals surface area contributed by atoms with Crippen molar-refractivity contribution in [1.29, 1.82) is 0 Å². The molecule has 0 saturated carbocycles. The first kappa shape index (κ1) is 18.7. The lowest BCUT2D eigenvalue weighted by molar-refractivity contribution is -0.111. The quantitative estimate of drug-likeness (QED) is 0.468. The molecular formula is C19H13BrCl2N2O2. The van der Waals surface area contributed by atoms with Gasteiger partial charge in [-0.2, -0.15) is 0 Å². The minimum absolute atomic E-state index is 0.304. The van der Waals surface area contributed by atoms with E-state index in [-0.39, 0.29) is 5.91 Å². The molecule has 0 aliphatic rings. The molecule has 3 rings (SSSR count). The molecule has 4 nitrogen and oxygen atoms in total. The van der Waals surface area contributed by atoms with E-state index in [2.05, 4.69) is 26.2 Å². The van der Waals surface area contributed by atoms with Crippen molar-refractivity contribution in [2.75, 3.05) is 5.32 Å². The van der Waals surface area contributed by atoms with Crippen LogP contribution in [0.25, 0.3) is 17.4 Å². The molecule has 3 aromatic rings. The summed E-state index contributed by atoms with van der Waals surface area (Å²) >= 11 is 15.4. The number of amides is 1. The maximum absolute atomic E-state index is 12.0. The second-order valence-corrected chi connectivity index (χ2v) is 7.11. The number of carbonyl (C=O) groups is 1. The van der Waals surface area contributed by atoms with Crippen LogP contribution in [0.1, 0.15) is 11.5 Å². The molecule has 0 bridgehead atoms. The van der Waals surface area contributed by atoms with Gasteiger partial charge in [0, 0.05) is 21.1 Å². The van der Waals surface area contributed by atoms with Gasteiger partial charge in [-0.1, -0.05) is 23.2 Å². The highest BCUT2D eigenvalue weighted by molar-refractivity contribution is 9.10. The number of halogens is 3. The summed E-state index contributed by atoms with van der Waals surface area (Å²) in [6.45, 7) is 1.85. The zero-order chi connectivity index (χ0) is 18.7. The van der Waals surface area contributed by atoms with E-state index < -0.39 is 0 Å². The summed E-state index contributed by atoms with van der Waals surface area (Å²) < 4.78 is 6.59. The van der Waals surface area contributed by atoms with Gasteiger partial charge in [-0.05, 0) is 71.4 Å². The largest absolute Gasteiger partial charge is 0.457 e. The number of aryl methyl sites for hydroxylation is 1. The highest BCUT2D eigenvalue weighted by Gasteiger charge is 2.08. The maximum Gasteiger partial charge on any atom is 0.249 e. The number of nitrogens with zero attached hydrogens (tertiary/aromatic N) is 1. The summed E-state index contributed by atoms with van der Waals surface area (Å²) in [5.74, 6) is 1.30. The summed E-state index contributed by atoms with van der Waals surface area (Å²) in [5.41, 5.74) is 1.53. The van der Waals surface area contributed by atoms with E-state index >= 15 is 0 Å². The SMILES string of the molecule is Cc1nc(NC(=O)/C=C/c2ccc(-c3ccc(Cl)cc3Cl)o2)ccc1Br. The number of benzene rings is 1. The Balaban J connectivity index is 1.70. The maximum atomic E-state index is 12.0. The highest BCUT2D eigenvalue weighted by Crippen LogP contribution is 2.31. The molecule has 0 unspecified atom stereocenters. The Morgan fingerprint density at radius 2 is 2.00 bits per heavy atom. The predicted octanol–water partition coefficient (Wildman–Crippen LogP) is 6.37. The van der Waals surface area contributed by atoms with Gasteiger partial charge in [-0.3, -0.25) is 4.79 Å². The standard InChI is InChI=1S/C19H13BrCl2N2O2/c1-11-15(20)6-8-18(23-11)24-19(25)9-4-13-3-7-17(26-13)14-5-2-12(21)10-16(14)22/h2-10H,1H3,(H,23,24,25)/b9-4+. The first-order valence-electron chi connectivity index (χ1n) is 7.60. The Labute approximate surface area is 169 Å². The summed E-state index contributed by atoms with van der Waals surface area (Å²) in [6, 6.07) is 12.3. The molecular weight excluding hydrogens is 439 g/mol. The predicted molar refractivity (Wildman–Crippen MR) is 109 cm³/mol. The number of hydrogen-bond donors (Lipinski definition) is 1. The lowest BCUT2D eigenvalue weighted by atomic mass is 10.2. The zero-order valence-electron chi connectivity index (χ0n) is 13.6. The molecule has 0 atom stereocenters. The fourth-order valence-corrected chi connectivity index (χ4v) is 2.94. The van der Waals surface area contributed by atoms with E-state index in [4.69, 9.17) is 27.6 Å². The Hall–Kier alpha value is -2.08. The van der Waals surface area contributed by atoms with Gasteiger partial charge < -0.3 is 9.73 Å². The van der Waals surface area contributed by atoms with Crippen molar-refractivity contribution < 1.29 is 9.21 Å². The molecule has 2 heterocycles. The summed E-state index contributed by atoms with van der Waals surface area (Å²) in [5, 5.41) is 3.75. The fraction of sp³-hybridized carbons (Fsp3) is 0.0526. The van der Waals surface area contributed by atoms with Crippen LogP contribution in [0.3, 0.4) is 0 Å². The van der Waals surface area contributed by atoms with Crippen LogP contribution in [0.5, 0.6) is 0 Å². The van der Waals surface area contributed by atoms with E-state index in [1.807, 2.05) is 13.0 Å². The van der Waals surface area contributed by atoms with Crippen LogP contribution in [-0.2, 0) is 4.79 Å². The average Bonchev–Trinajstić information content (AvgIpc) is 3.05. The Morgan fingerprint density at radius 1 is 1.19 bits per heavy atom. The van der Waals surface area contributed by atoms with Crippen LogP contribution in [0, 0.1) is 6.92 Å². The zero-order valence-corrected chi connectivity index (χ0v) is 16.7. The van der Waals surface area contributed by atoms with Gasteiger partial charge in [-0.25, -0.2) is 4.98 Å². The average molecular weight is 452 g/mol. The van der Waals surface area contributed by atoms with E-state index in [0.29, 0.717) is 27.4 Å². The topological polar surface area (TPSA) is 55.1 Å². The number of carbonyl (C=O) groups excluding carboxylic acids is 1. The van der Waals surface area contributed by atoms with Crippen molar-refractivity contribution in [3.63, 3.8) is 0 Å². The molecule has 0 aliphatic carbocycles. The molecule has 1 aromatic carbocycles. The molecule has 132 valence electrons. The molecule has 1 amide bonds. The van der Waals surface area contributed by atoms with Crippen LogP contribution >= 0.6 is 39.1 Å². The van der Waals surface area contributed by atoms with Crippen LogP contribution in [0.15, 0.2) is 57.4 Å². The van der Waals surface area contributed by atoms with Crippen LogP contribution in [0.2, 0.25) is 10.0 Å². The van der Waals surface area contributed by atoms with Gasteiger partial charge in [0.25, 0.3) is 0 Å². The lowest BCUT2D eigenvalue weighted by Gasteiger charge is -2.03. The Morgan fingerprint density at radius 3 is 2.73 bits per heavy atom. The third-order valence-electron chi connectivity index (χ3n) is 3.49. The second kappa shape index (κ2) is 8.08. The Kier molecular flexibility index (Phi) is 5.81. The normalized spacial score (nSPS) is 11.1. The molecule has 26 heavy (non-hydrogen) atoms. The molecule has 7 heteroatoms. The van der Waals surface area contributed by atoms with Crippen LogP contribution in [-0.4, -0.2) is 10.9 Å². The van der Waals surface area contributed by atoms with Gasteiger partial charge in [0.1, 0.15) is 17.3 Å². The molecule has 1 N–H and O–H groups in total. The summed E-state index contributed by atoms with van der Waals surface area (Å²) in [4.78, 5) is 16.3. The van der Waals surface area contributed by atoms with E-state index in [1.54, 1.807) is 42.5 Å². The molecule has 0 fully saturated rings. The van der Waals surface area contributed by atoms with E-state index in [1.165, 1.54) is 6.08 Å². The van der Waals surface area contributed by atoms with Gasteiger partial charge >= 0.3 is 0 Å². The highest BCUT2D eigenvalue weighted by atomic mass is 79.9. The Bertz CT molecular complexity index is 999. The molecule has 0 saturated heterocycles. The number of hydrogen-bond acceptors (Lipinski definition) is 3. The number of anilines is 1. The molecule has 0 aliphatic heterocycles. The van der Waals surface area contributed by atoms with Gasteiger partial charge in [0.2, 0.25) is 5.91 Å². The second-order valence-electron chi connectivity index (χ2n) is 5.41. The smallest absolute Gasteiger partial charge is 0.249 e. The van der Waals surface area contributed by atoms with Crippen molar-refractivity contribution >= 4 is 56.9 Å².